The van der Waals surface area contributed by atoms with Gasteiger partial charge < -0.3 is 4.74 Å². The number of rotatable bonds is 0. The van der Waals surface area contributed by atoms with Gasteiger partial charge in [0.25, 0.3) is 0 Å². The Morgan fingerprint density at radius 1 is 1.86 bits per heavy atom. The molecule has 0 unspecified atom stereocenters. The molecule has 0 aliphatic carbocycles. The van der Waals surface area contributed by atoms with E-state index in [0.717, 1.165) is 0 Å². The maximum absolute atomic E-state index is 10.2. The van der Waals surface area contributed by atoms with Gasteiger partial charge in [-0.2, -0.15) is 0 Å². The molecule has 0 aromatic carbocycles. The summed E-state index contributed by atoms with van der Waals surface area (Å²) in [5.41, 5.74) is 0. The van der Waals surface area contributed by atoms with E-state index in [9.17, 15) is 4.79 Å². The minimum Gasteiger partial charge on any atom is -0.474 e. The second kappa shape index (κ2) is 1.54. The molecule has 0 saturated heterocycles. The fourth-order valence-electron chi connectivity index (χ4n) is 0.350. The molecule has 0 aromatic heterocycles. The highest BCUT2D eigenvalue weighted by Crippen LogP contribution is 2.08. The van der Waals surface area contributed by atoms with Crippen LogP contribution in [0.2, 0.25) is 0 Å². The largest absolute Gasteiger partial charge is 0.474 e. The van der Waals surface area contributed by atoms with Gasteiger partial charge >= 0.3 is 0 Å². The van der Waals surface area contributed by atoms with E-state index in [4.69, 9.17) is 11.6 Å². The van der Waals surface area contributed by atoms with Gasteiger partial charge in [0.1, 0.15) is 0 Å². The van der Waals surface area contributed by atoms with Crippen LogP contribution in [-0.4, -0.2) is 12.4 Å². The molecule has 0 saturated carbocycles. The third-order valence-corrected chi connectivity index (χ3v) is 0.845. The fourth-order valence-corrected chi connectivity index (χ4v) is 0.526. The average Bonchev–Trinajstić information content (AvgIpc) is 1.87. The van der Waals surface area contributed by atoms with Gasteiger partial charge in [-0.05, 0) is 11.6 Å². The molecule has 0 atom stereocenters. The first-order valence-corrected chi connectivity index (χ1v) is 2.19. The third-order valence-electron chi connectivity index (χ3n) is 0.627. The predicted octanol–water partition coefficient (Wildman–Crippen LogP) is 0.666. The molecular formula is C4H3ClO2. The molecule has 3 heteroatoms. The molecule has 2 nitrogen and oxygen atoms in total. The van der Waals surface area contributed by atoms with Gasteiger partial charge in [0, 0.05) is 6.08 Å². The van der Waals surface area contributed by atoms with Gasteiger partial charge in [0.2, 0.25) is 0 Å². The standard InChI is InChI=1S/C4H3ClO2/c5-4-1-3(6)2-7-4/h1H,2H2. The number of ketones is 1. The average molecular weight is 119 g/mol. The van der Waals surface area contributed by atoms with Crippen molar-refractivity contribution < 1.29 is 9.53 Å². The van der Waals surface area contributed by atoms with E-state index in [2.05, 4.69) is 4.74 Å². The van der Waals surface area contributed by atoms with Gasteiger partial charge in [-0.25, -0.2) is 0 Å². The lowest BCUT2D eigenvalue weighted by molar-refractivity contribution is -0.115. The third kappa shape index (κ3) is 0.933. The van der Waals surface area contributed by atoms with Gasteiger partial charge in [0.15, 0.2) is 17.6 Å². The first kappa shape index (κ1) is 4.65. The summed E-state index contributed by atoms with van der Waals surface area (Å²) in [5, 5.41) is 0.199. The number of ether oxygens (including phenoxy) is 1. The van der Waals surface area contributed by atoms with Crippen LogP contribution in [0.1, 0.15) is 0 Å². The van der Waals surface area contributed by atoms with E-state index in [-0.39, 0.29) is 17.6 Å². The molecule has 0 bridgehead atoms. The van der Waals surface area contributed by atoms with Crippen molar-refractivity contribution in [2.75, 3.05) is 6.61 Å². The Morgan fingerprint density at radius 2 is 2.57 bits per heavy atom. The summed E-state index contributed by atoms with van der Waals surface area (Å²) in [7, 11) is 0. The zero-order chi connectivity index (χ0) is 5.28. The molecule has 0 amide bonds. The minimum atomic E-state index is -0.0648. The lowest BCUT2D eigenvalue weighted by Crippen LogP contribution is -1.92. The summed E-state index contributed by atoms with van der Waals surface area (Å²) in [6.45, 7) is 0.110. The number of hydrogen-bond acceptors (Lipinski definition) is 2. The summed E-state index contributed by atoms with van der Waals surface area (Å²) in [6.07, 6.45) is 1.27. The molecule has 0 N–H and O–H groups in total. The van der Waals surface area contributed by atoms with E-state index < -0.39 is 0 Å². The molecule has 0 aromatic rings. The molecule has 38 valence electrons. The molecule has 0 fully saturated rings. The Balaban J connectivity index is 2.67. The Hall–Kier alpha value is -0.500. The van der Waals surface area contributed by atoms with Crippen LogP contribution >= 0.6 is 11.6 Å². The second-order valence-electron chi connectivity index (χ2n) is 1.20. The second-order valence-corrected chi connectivity index (χ2v) is 1.58. The maximum Gasteiger partial charge on any atom is 0.197 e. The van der Waals surface area contributed by atoms with Crippen LogP contribution in [0.3, 0.4) is 0 Å². The van der Waals surface area contributed by atoms with Crippen LogP contribution in [0.5, 0.6) is 0 Å². The molecule has 1 rings (SSSR count). The maximum atomic E-state index is 10.2. The highest BCUT2D eigenvalue weighted by molar-refractivity contribution is 6.30. The van der Waals surface area contributed by atoms with Crippen LogP contribution in [0.4, 0.5) is 0 Å². The summed E-state index contributed by atoms with van der Waals surface area (Å²) in [5.74, 6) is -0.0648. The van der Waals surface area contributed by atoms with Crippen LogP contribution in [0.25, 0.3) is 0 Å². The van der Waals surface area contributed by atoms with E-state index >= 15 is 0 Å². The van der Waals surface area contributed by atoms with E-state index in [0.29, 0.717) is 0 Å². The van der Waals surface area contributed by atoms with Crippen molar-refractivity contribution in [1.29, 1.82) is 0 Å². The zero-order valence-electron chi connectivity index (χ0n) is 3.48. The molecule has 1 aliphatic rings. The van der Waals surface area contributed by atoms with Crippen molar-refractivity contribution in [3.8, 4) is 0 Å². The summed E-state index contributed by atoms with van der Waals surface area (Å²) < 4.78 is 4.54. The van der Waals surface area contributed by atoms with Gasteiger partial charge in [-0.3, -0.25) is 4.79 Å². The Labute approximate surface area is 45.7 Å². The normalized spacial score (nSPS) is 19.0. The number of carbonyl (C=O) groups excluding carboxylic acids is 1. The summed E-state index contributed by atoms with van der Waals surface area (Å²) >= 11 is 5.23. The fraction of sp³-hybridized carbons (Fsp3) is 0.250. The predicted molar refractivity (Wildman–Crippen MR) is 24.9 cm³/mol. The van der Waals surface area contributed by atoms with Crippen molar-refractivity contribution >= 4 is 17.4 Å². The van der Waals surface area contributed by atoms with Crippen LogP contribution in [-0.2, 0) is 9.53 Å². The highest BCUT2D eigenvalue weighted by atomic mass is 35.5. The van der Waals surface area contributed by atoms with Crippen LogP contribution in [0, 0.1) is 0 Å². The lowest BCUT2D eigenvalue weighted by Gasteiger charge is -1.85. The molecule has 7 heavy (non-hydrogen) atoms. The van der Waals surface area contributed by atoms with Crippen molar-refractivity contribution in [2.24, 2.45) is 0 Å². The molecule has 0 radical (unpaired) electrons. The first-order valence-electron chi connectivity index (χ1n) is 1.82. The Kier molecular flexibility index (Phi) is 1.02. The monoisotopic (exact) mass is 118 g/mol. The van der Waals surface area contributed by atoms with E-state index in [1.54, 1.807) is 0 Å². The smallest absolute Gasteiger partial charge is 0.197 e. The molecule has 1 heterocycles. The summed E-state index contributed by atoms with van der Waals surface area (Å²) in [4.78, 5) is 10.2. The molecular weight excluding hydrogens is 115 g/mol. The van der Waals surface area contributed by atoms with Crippen molar-refractivity contribution in [3.05, 3.63) is 11.3 Å². The van der Waals surface area contributed by atoms with E-state index in [1.807, 2.05) is 0 Å². The first-order chi connectivity index (χ1) is 3.29. The topological polar surface area (TPSA) is 26.3 Å². The molecule has 0 spiro atoms. The highest BCUT2D eigenvalue weighted by Gasteiger charge is 2.08. The summed E-state index contributed by atoms with van der Waals surface area (Å²) in [6, 6.07) is 0. The molecule has 1 aliphatic heterocycles. The number of hydrogen-bond donors (Lipinski definition) is 0. The quantitative estimate of drug-likeness (QED) is 0.467. The Bertz CT molecular complexity index is 128. The number of carbonyl (C=O) groups is 1. The van der Waals surface area contributed by atoms with Crippen molar-refractivity contribution in [2.45, 2.75) is 0 Å². The van der Waals surface area contributed by atoms with Crippen molar-refractivity contribution in [1.82, 2.24) is 0 Å². The zero-order valence-corrected chi connectivity index (χ0v) is 4.23. The Morgan fingerprint density at radius 3 is 2.71 bits per heavy atom. The van der Waals surface area contributed by atoms with Gasteiger partial charge in [-0.1, -0.05) is 0 Å². The van der Waals surface area contributed by atoms with Crippen molar-refractivity contribution in [3.63, 3.8) is 0 Å². The van der Waals surface area contributed by atoms with Crippen LogP contribution in [0.15, 0.2) is 11.3 Å². The van der Waals surface area contributed by atoms with Crippen LogP contribution < -0.4 is 0 Å². The SMILES string of the molecule is O=C1C=C(Cl)OC1. The van der Waals surface area contributed by atoms with Gasteiger partial charge in [0.05, 0.1) is 0 Å². The van der Waals surface area contributed by atoms with E-state index in [1.165, 1.54) is 6.08 Å². The lowest BCUT2D eigenvalue weighted by atomic mass is 10.5. The number of halogens is 1. The minimum absolute atomic E-state index is 0.0648. The van der Waals surface area contributed by atoms with Gasteiger partial charge in [-0.15, -0.1) is 0 Å².